The van der Waals surface area contributed by atoms with Crippen molar-refractivity contribution in [3.05, 3.63) is 146 Å². The van der Waals surface area contributed by atoms with Gasteiger partial charge in [-0.05, 0) is 141 Å². The summed E-state index contributed by atoms with van der Waals surface area (Å²) < 4.78 is 16.9. The number of rotatable bonds is 61. The molecule has 0 N–H and O–H groups in total. The van der Waals surface area contributed by atoms with Gasteiger partial charge in [0.25, 0.3) is 0 Å². The summed E-state index contributed by atoms with van der Waals surface area (Å²) in [5.74, 6) is -0.915. The molecule has 0 bridgehead atoms. The molecule has 0 aromatic heterocycles. The Labute approximate surface area is 512 Å². The fraction of sp³-hybridized carbons (Fsp3) is 0.649. The van der Waals surface area contributed by atoms with Crippen LogP contribution in [-0.4, -0.2) is 37.2 Å². The molecule has 0 aromatic rings. The predicted octanol–water partition coefficient (Wildman–Crippen LogP) is 23.9. The van der Waals surface area contributed by atoms with Crippen LogP contribution >= 0.6 is 0 Å². The van der Waals surface area contributed by atoms with Gasteiger partial charge in [0.1, 0.15) is 13.2 Å². The molecule has 1 unspecified atom stereocenters. The second kappa shape index (κ2) is 69.8. The van der Waals surface area contributed by atoms with E-state index in [0.717, 1.165) is 154 Å². The van der Waals surface area contributed by atoms with Crippen molar-refractivity contribution < 1.29 is 28.6 Å². The van der Waals surface area contributed by atoms with E-state index in [9.17, 15) is 14.4 Å². The third-order valence-electron chi connectivity index (χ3n) is 14.3. The van der Waals surface area contributed by atoms with Crippen molar-refractivity contribution in [1.29, 1.82) is 0 Å². The van der Waals surface area contributed by atoms with Crippen LogP contribution in [0.25, 0.3) is 0 Å². The minimum Gasteiger partial charge on any atom is -0.462 e. The highest BCUT2D eigenvalue weighted by molar-refractivity contribution is 5.71. The molecule has 1 atom stereocenters. The highest BCUT2D eigenvalue weighted by Crippen LogP contribution is 2.16. The Morgan fingerprint density at radius 2 is 0.470 bits per heavy atom. The molecule has 0 aliphatic rings. The Kier molecular flexibility index (Phi) is 65.8. The van der Waals surface area contributed by atoms with Crippen molar-refractivity contribution in [3.8, 4) is 0 Å². The molecule has 0 radical (unpaired) electrons. The molecule has 0 saturated heterocycles. The SMILES string of the molecule is CC/C=C\C/C=C\C/C=C\C/C=C\C/C=C\C/C=C\C/C=C\CCCCCCCCCCCCCC(=O)OCC(COC(=O)CCCCCCC/C=C\C/C=C\C/C=C\CC)OC(=O)CCCCCCCCC/C=C\C/C=C\CCCCC. The van der Waals surface area contributed by atoms with E-state index in [0.29, 0.717) is 19.3 Å². The number of hydrogen-bond acceptors (Lipinski definition) is 6. The molecule has 0 aliphatic heterocycles. The van der Waals surface area contributed by atoms with E-state index in [1.165, 1.54) is 109 Å². The van der Waals surface area contributed by atoms with Crippen molar-refractivity contribution in [1.82, 2.24) is 0 Å². The first kappa shape index (κ1) is 78.3. The summed E-state index contributed by atoms with van der Waals surface area (Å²) in [6.07, 6.45) is 100. The molecule has 470 valence electrons. The summed E-state index contributed by atoms with van der Waals surface area (Å²) in [4.78, 5) is 38.4. The lowest BCUT2D eigenvalue weighted by Gasteiger charge is -2.18. The summed E-state index contributed by atoms with van der Waals surface area (Å²) in [7, 11) is 0. The molecule has 0 fully saturated rings. The second-order valence-electron chi connectivity index (χ2n) is 22.3. The van der Waals surface area contributed by atoms with Crippen LogP contribution in [0.1, 0.15) is 303 Å². The normalized spacial score (nSPS) is 13.0. The summed E-state index contributed by atoms with van der Waals surface area (Å²) in [5.41, 5.74) is 0. The quantitative estimate of drug-likeness (QED) is 0.0261. The lowest BCUT2D eigenvalue weighted by atomic mass is 10.0. The molecular formula is C77H126O6. The van der Waals surface area contributed by atoms with E-state index in [1.54, 1.807) is 0 Å². The van der Waals surface area contributed by atoms with Crippen LogP contribution in [0.5, 0.6) is 0 Å². The number of hydrogen-bond donors (Lipinski definition) is 0. The van der Waals surface area contributed by atoms with Crippen molar-refractivity contribution in [3.63, 3.8) is 0 Å². The number of allylic oxidation sites excluding steroid dienone is 24. The van der Waals surface area contributed by atoms with Crippen LogP contribution in [0, 0.1) is 0 Å². The molecule has 0 heterocycles. The van der Waals surface area contributed by atoms with Crippen molar-refractivity contribution in [2.24, 2.45) is 0 Å². The lowest BCUT2D eigenvalue weighted by molar-refractivity contribution is -0.167. The maximum atomic E-state index is 12.9. The number of carbonyl (C=O) groups is 3. The fourth-order valence-corrected chi connectivity index (χ4v) is 9.23. The Balaban J connectivity index is 4.30. The van der Waals surface area contributed by atoms with Gasteiger partial charge in [-0.25, -0.2) is 0 Å². The molecule has 0 spiro atoms. The first-order valence-corrected chi connectivity index (χ1v) is 34.3. The Hall–Kier alpha value is -4.71. The highest BCUT2D eigenvalue weighted by atomic mass is 16.6. The van der Waals surface area contributed by atoms with E-state index in [2.05, 4.69) is 167 Å². The summed E-state index contributed by atoms with van der Waals surface area (Å²) in [6, 6.07) is 0. The van der Waals surface area contributed by atoms with Gasteiger partial charge in [0.15, 0.2) is 6.10 Å². The molecule has 83 heavy (non-hydrogen) atoms. The largest absolute Gasteiger partial charge is 0.462 e. The van der Waals surface area contributed by atoms with Crippen LogP contribution in [0.4, 0.5) is 0 Å². The van der Waals surface area contributed by atoms with Gasteiger partial charge in [-0.2, -0.15) is 0 Å². The number of esters is 3. The average molecular weight is 1150 g/mol. The van der Waals surface area contributed by atoms with Crippen LogP contribution in [-0.2, 0) is 28.6 Å². The van der Waals surface area contributed by atoms with Crippen molar-refractivity contribution in [2.75, 3.05) is 13.2 Å². The summed E-state index contributed by atoms with van der Waals surface area (Å²) >= 11 is 0. The van der Waals surface area contributed by atoms with Crippen LogP contribution in [0.15, 0.2) is 146 Å². The van der Waals surface area contributed by atoms with E-state index < -0.39 is 6.10 Å². The molecule has 6 nitrogen and oxygen atoms in total. The zero-order valence-electron chi connectivity index (χ0n) is 53.9. The second-order valence-corrected chi connectivity index (χ2v) is 22.3. The minimum atomic E-state index is -0.797. The highest BCUT2D eigenvalue weighted by Gasteiger charge is 2.19. The van der Waals surface area contributed by atoms with E-state index in [-0.39, 0.29) is 31.1 Å². The van der Waals surface area contributed by atoms with E-state index in [4.69, 9.17) is 14.2 Å². The summed E-state index contributed by atoms with van der Waals surface area (Å²) in [5, 5.41) is 0. The van der Waals surface area contributed by atoms with Gasteiger partial charge in [-0.15, -0.1) is 0 Å². The van der Waals surface area contributed by atoms with Gasteiger partial charge < -0.3 is 14.2 Å². The van der Waals surface area contributed by atoms with Crippen molar-refractivity contribution in [2.45, 2.75) is 309 Å². The zero-order valence-corrected chi connectivity index (χ0v) is 53.9. The first-order chi connectivity index (χ1) is 41.0. The van der Waals surface area contributed by atoms with Gasteiger partial charge >= 0.3 is 17.9 Å². The topological polar surface area (TPSA) is 78.9 Å². The smallest absolute Gasteiger partial charge is 0.306 e. The van der Waals surface area contributed by atoms with Gasteiger partial charge in [0.2, 0.25) is 0 Å². The van der Waals surface area contributed by atoms with Crippen LogP contribution in [0.2, 0.25) is 0 Å². The molecule has 0 aromatic carbocycles. The first-order valence-electron chi connectivity index (χ1n) is 34.3. The van der Waals surface area contributed by atoms with E-state index in [1.807, 2.05) is 0 Å². The molecule has 0 rings (SSSR count). The van der Waals surface area contributed by atoms with Gasteiger partial charge in [-0.1, -0.05) is 289 Å². The lowest BCUT2D eigenvalue weighted by Crippen LogP contribution is -2.30. The standard InChI is InChI=1S/C77H126O6/c1-4-7-10-13-16-19-22-25-28-30-31-32-33-34-35-36-37-38-39-40-41-42-43-44-45-47-49-52-55-58-61-64-67-70-76(79)82-73-74(72-81-75(78)69-66-63-60-57-54-51-48-27-24-21-18-15-12-9-6-3)83-77(80)71-68-65-62-59-56-53-50-46-29-26-23-20-17-14-11-8-5-2/h7,9-10,12,16-21,25-29,31-32,34-35,37-38,40-41,48,74H,4-6,8,11,13-15,22-24,30,33,36,39,42-47,49-73H2,1-3H3/b10-7-,12-9-,19-16-,20-17-,21-18-,28-25-,29-26-,32-31-,35-34-,38-37-,41-40-,48-27-. The Morgan fingerprint density at radius 3 is 0.735 bits per heavy atom. The molecule has 6 heteroatoms. The van der Waals surface area contributed by atoms with Crippen LogP contribution < -0.4 is 0 Å². The predicted molar refractivity (Wildman–Crippen MR) is 362 cm³/mol. The maximum absolute atomic E-state index is 12.9. The fourth-order valence-electron chi connectivity index (χ4n) is 9.23. The number of unbranched alkanes of at least 4 members (excludes halogenated alkanes) is 26. The Morgan fingerprint density at radius 1 is 0.253 bits per heavy atom. The Bertz CT molecular complexity index is 1800. The van der Waals surface area contributed by atoms with Crippen molar-refractivity contribution >= 4 is 17.9 Å². The summed E-state index contributed by atoms with van der Waals surface area (Å²) in [6.45, 7) is 6.38. The van der Waals surface area contributed by atoms with Crippen LogP contribution in [0.3, 0.4) is 0 Å². The molecule has 0 aliphatic carbocycles. The monoisotopic (exact) mass is 1150 g/mol. The van der Waals surface area contributed by atoms with Gasteiger partial charge in [0.05, 0.1) is 0 Å². The van der Waals surface area contributed by atoms with E-state index >= 15 is 0 Å². The average Bonchev–Trinajstić information content (AvgIpc) is 3.49. The third kappa shape index (κ3) is 68.0. The zero-order chi connectivity index (χ0) is 59.9. The number of carbonyl (C=O) groups excluding carboxylic acids is 3. The van der Waals surface area contributed by atoms with Gasteiger partial charge in [0, 0.05) is 19.3 Å². The number of ether oxygens (including phenoxy) is 3. The minimum absolute atomic E-state index is 0.0917. The molecule has 0 amide bonds. The third-order valence-corrected chi connectivity index (χ3v) is 14.3. The molecule has 0 saturated carbocycles. The molecular weight excluding hydrogens is 1020 g/mol. The maximum Gasteiger partial charge on any atom is 0.306 e. The van der Waals surface area contributed by atoms with Gasteiger partial charge in [-0.3, -0.25) is 14.4 Å².